The van der Waals surface area contributed by atoms with E-state index in [0.29, 0.717) is 23.9 Å². The smallest absolute Gasteiger partial charge is 0.319 e. The molecule has 1 atom stereocenters. The molecule has 0 aromatic heterocycles. The van der Waals surface area contributed by atoms with Crippen LogP contribution in [0.4, 0.5) is 14.9 Å². The average molecular weight is 361 g/mol. The number of hydrogen-bond acceptors (Lipinski definition) is 2. The fourth-order valence-corrected chi connectivity index (χ4v) is 2.04. The van der Waals surface area contributed by atoms with Gasteiger partial charge in [0, 0.05) is 17.4 Å². The summed E-state index contributed by atoms with van der Waals surface area (Å²) in [5, 5.41) is 13.6. The fraction of sp³-hybridized carbons (Fsp3) is 0.429. The normalized spacial score (nSPS) is 11.8. The molecular weight excluding hydrogens is 343 g/mol. The van der Waals surface area contributed by atoms with E-state index in [9.17, 15) is 14.0 Å². The van der Waals surface area contributed by atoms with Crippen LogP contribution in [0.2, 0.25) is 0 Å². The van der Waals surface area contributed by atoms with Gasteiger partial charge in [0.05, 0.1) is 5.69 Å². The van der Waals surface area contributed by atoms with Gasteiger partial charge in [-0.05, 0) is 37.0 Å². The van der Waals surface area contributed by atoms with Gasteiger partial charge in [0.15, 0.2) is 0 Å². The lowest BCUT2D eigenvalue weighted by Crippen LogP contribution is -2.30. The second-order valence-corrected chi connectivity index (χ2v) is 5.75. The van der Waals surface area contributed by atoms with Crippen LogP contribution < -0.4 is 10.6 Å². The fourth-order valence-electron chi connectivity index (χ4n) is 1.70. The molecule has 0 bridgehead atoms. The SMILES string of the molecule is CC(CCNC(=O)Nc1ccc(Br)cc1F)CCC(=O)O. The lowest BCUT2D eigenvalue weighted by molar-refractivity contribution is -0.137. The highest BCUT2D eigenvalue weighted by Gasteiger charge is 2.09. The van der Waals surface area contributed by atoms with Crippen LogP contribution in [0.3, 0.4) is 0 Å². The molecule has 0 saturated carbocycles. The van der Waals surface area contributed by atoms with Gasteiger partial charge in [0.2, 0.25) is 0 Å². The minimum absolute atomic E-state index is 0.106. The highest BCUT2D eigenvalue weighted by Crippen LogP contribution is 2.19. The molecule has 1 rings (SSSR count). The van der Waals surface area contributed by atoms with Crippen molar-refractivity contribution in [1.82, 2.24) is 5.32 Å². The molecule has 1 unspecified atom stereocenters. The van der Waals surface area contributed by atoms with Gasteiger partial charge in [-0.1, -0.05) is 22.9 Å². The van der Waals surface area contributed by atoms with Gasteiger partial charge < -0.3 is 15.7 Å². The summed E-state index contributed by atoms with van der Waals surface area (Å²) in [4.78, 5) is 22.0. The van der Waals surface area contributed by atoms with Crippen LogP contribution in [0.25, 0.3) is 0 Å². The Labute approximate surface area is 131 Å². The summed E-state index contributed by atoms with van der Waals surface area (Å²) >= 11 is 3.14. The van der Waals surface area contributed by atoms with Crippen LogP contribution in [-0.4, -0.2) is 23.7 Å². The zero-order valence-electron chi connectivity index (χ0n) is 11.7. The number of rotatable bonds is 7. The van der Waals surface area contributed by atoms with Gasteiger partial charge >= 0.3 is 12.0 Å². The quantitative estimate of drug-likeness (QED) is 0.694. The van der Waals surface area contributed by atoms with Crippen molar-refractivity contribution in [3.05, 3.63) is 28.5 Å². The van der Waals surface area contributed by atoms with Crippen molar-refractivity contribution in [2.45, 2.75) is 26.2 Å². The Morgan fingerprint density at radius 1 is 1.38 bits per heavy atom. The molecular formula is C14H18BrFN2O3. The van der Waals surface area contributed by atoms with Gasteiger partial charge in [0.25, 0.3) is 0 Å². The number of halogens is 2. The Bertz CT molecular complexity index is 511. The molecule has 0 radical (unpaired) electrons. The van der Waals surface area contributed by atoms with Crippen LogP contribution in [0, 0.1) is 11.7 Å². The highest BCUT2D eigenvalue weighted by atomic mass is 79.9. The molecule has 0 fully saturated rings. The van der Waals surface area contributed by atoms with E-state index >= 15 is 0 Å². The monoisotopic (exact) mass is 360 g/mol. The first-order chi connectivity index (χ1) is 9.88. The topological polar surface area (TPSA) is 78.4 Å². The summed E-state index contributed by atoms with van der Waals surface area (Å²) < 4.78 is 14.1. The number of carbonyl (C=O) groups is 2. The molecule has 7 heteroatoms. The first-order valence-electron chi connectivity index (χ1n) is 6.60. The summed E-state index contributed by atoms with van der Waals surface area (Å²) in [6, 6.07) is 3.88. The first-order valence-corrected chi connectivity index (χ1v) is 7.39. The number of anilines is 1. The third-order valence-electron chi connectivity index (χ3n) is 2.95. The van der Waals surface area contributed by atoms with E-state index in [1.807, 2.05) is 6.92 Å². The number of urea groups is 1. The van der Waals surface area contributed by atoms with Crippen LogP contribution in [0.1, 0.15) is 26.2 Å². The number of benzene rings is 1. The maximum atomic E-state index is 13.5. The summed E-state index contributed by atoms with van der Waals surface area (Å²) in [5.74, 6) is -1.14. The minimum Gasteiger partial charge on any atom is -0.481 e. The summed E-state index contributed by atoms with van der Waals surface area (Å²) in [6.07, 6.45) is 1.36. The summed E-state index contributed by atoms with van der Waals surface area (Å²) in [5.41, 5.74) is 0.106. The number of amides is 2. The number of carboxylic acid groups (broad SMARTS) is 1. The van der Waals surface area contributed by atoms with Crippen molar-refractivity contribution in [1.29, 1.82) is 0 Å². The molecule has 0 aliphatic rings. The molecule has 0 heterocycles. The second kappa shape index (κ2) is 8.61. The Morgan fingerprint density at radius 2 is 2.10 bits per heavy atom. The van der Waals surface area contributed by atoms with Gasteiger partial charge in [-0.3, -0.25) is 4.79 Å². The number of hydrogen-bond donors (Lipinski definition) is 3. The van der Waals surface area contributed by atoms with Gasteiger partial charge in [-0.2, -0.15) is 0 Å². The molecule has 0 aliphatic carbocycles. The number of nitrogens with one attached hydrogen (secondary N) is 2. The Balaban J connectivity index is 2.29. The second-order valence-electron chi connectivity index (χ2n) is 4.83. The predicted molar refractivity (Wildman–Crippen MR) is 81.8 cm³/mol. The van der Waals surface area contributed by atoms with E-state index in [1.54, 1.807) is 6.07 Å². The molecule has 116 valence electrons. The number of aliphatic carboxylic acids is 1. The zero-order chi connectivity index (χ0) is 15.8. The standard InChI is InChI=1S/C14H18BrFN2O3/c1-9(2-5-13(19)20)6-7-17-14(21)18-12-4-3-10(15)8-11(12)16/h3-4,8-9H,2,5-7H2,1H3,(H,19,20)(H2,17,18,21). The largest absolute Gasteiger partial charge is 0.481 e. The van der Waals surface area contributed by atoms with E-state index in [4.69, 9.17) is 5.11 Å². The highest BCUT2D eigenvalue weighted by molar-refractivity contribution is 9.10. The average Bonchev–Trinajstić information content (AvgIpc) is 2.39. The summed E-state index contributed by atoms with van der Waals surface area (Å²) in [7, 11) is 0. The maximum absolute atomic E-state index is 13.5. The van der Waals surface area contributed by atoms with Crippen LogP contribution >= 0.6 is 15.9 Å². The molecule has 2 amide bonds. The number of carboxylic acids is 1. The van der Waals surface area contributed by atoms with E-state index < -0.39 is 17.8 Å². The third kappa shape index (κ3) is 7.08. The zero-order valence-corrected chi connectivity index (χ0v) is 13.2. The van der Waals surface area contributed by atoms with Crippen LogP contribution in [0.15, 0.2) is 22.7 Å². The van der Waals surface area contributed by atoms with Crippen molar-refractivity contribution in [3.8, 4) is 0 Å². The molecule has 1 aromatic rings. The van der Waals surface area contributed by atoms with Crippen molar-refractivity contribution in [2.75, 3.05) is 11.9 Å². The predicted octanol–water partition coefficient (Wildman–Crippen LogP) is 3.60. The maximum Gasteiger partial charge on any atom is 0.319 e. The molecule has 21 heavy (non-hydrogen) atoms. The van der Waals surface area contributed by atoms with Crippen molar-refractivity contribution in [2.24, 2.45) is 5.92 Å². The van der Waals surface area contributed by atoms with Gasteiger partial charge in [-0.25, -0.2) is 9.18 Å². The molecule has 1 aromatic carbocycles. The van der Waals surface area contributed by atoms with Crippen molar-refractivity contribution in [3.63, 3.8) is 0 Å². The van der Waals surface area contributed by atoms with E-state index in [0.717, 1.165) is 0 Å². The first kappa shape index (κ1) is 17.4. The van der Waals surface area contributed by atoms with E-state index in [-0.39, 0.29) is 18.0 Å². The van der Waals surface area contributed by atoms with Gasteiger partial charge in [-0.15, -0.1) is 0 Å². The Hall–Kier alpha value is -1.63. The molecule has 0 saturated heterocycles. The van der Waals surface area contributed by atoms with Crippen LogP contribution in [0.5, 0.6) is 0 Å². The molecule has 5 nitrogen and oxygen atoms in total. The minimum atomic E-state index is -0.821. The summed E-state index contributed by atoms with van der Waals surface area (Å²) in [6.45, 7) is 2.34. The van der Waals surface area contributed by atoms with Crippen LogP contribution in [-0.2, 0) is 4.79 Å². The molecule has 0 spiro atoms. The van der Waals surface area contributed by atoms with Crippen molar-refractivity contribution >= 4 is 33.6 Å². The Morgan fingerprint density at radius 3 is 2.71 bits per heavy atom. The van der Waals surface area contributed by atoms with Crippen molar-refractivity contribution < 1.29 is 19.1 Å². The Kier molecular flexibility index (Phi) is 7.14. The number of carbonyl (C=O) groups excluding carboxylic acids is 1. The molecule has 3 N–H and O–H groups in total. The third-order valence-corrected chi connectivity index (χ3v) is 3.45. The molecule has 0 aliphatic heterocycles. The lowest BCUT2D eigenvalue weighted by Gasteiger charge is -2.12. The lowest BCUT2D eigenvalue weighted by atomic mass is 10.0. The van der Waals surface area contributed by atoms with E-state index in [2.05, 4.69) is 26.6 Å². The van der Waals surface area contributed by atoms with Gasteiger partial charge in [0.1, 0.15) is 5.82 Å². The van der Waals surface area contributed by atoms with E-state index in [1.165, 1.54) is 12.1 Å².